The average molecular weight is 543 g/mol. The van der Waals surface area contributed by atoms with Gasteiger partial charge in [0, 0.05) is 30.2 Å². The maximum absolute atomic E-state index is 12.5. The molecular formula is C18H22ClF2IN4O3. The highest BCUT2D eigenvalue weighted by molar-refractivity contribution is 14.0. The van der Waals surface area contributed by atoms with Crippen LogP contribution < -0.4 is 20.7 Å². The Morgan fingerprint density at radius 1 is 1.24 bits per heavy atom. The molecule has 160 valence electrons. The van der Waals surface area contributed by atoms with Gasteiger partial charge in [-0.25, -0.2) is 4.99 Å². The first-order chi connectivity index (χ1) is 13.5. The van der Waals surface area contributed by atoms with Gasteiger partial charge >= 0.3 is 6.61 Å². The van der Waals surface area contributed by atoms with Crippen LogP contribution >= 0.6 is 35.6 Å². The van der Waals surface area contributed by atoms with Crippen LogP contribution in [0.3, 0.4) is 0 Å². The van der Waals surface area contributed by atoms with Crippen LogP contribution in [-0.4, -0.2) is 38.1 Å². The number of hydrogen-bond acceptors (Lipinski definition) is 4. The van der Waals surface area contributed by atoms with Crippen LogP contribution in [0.25, 0.3) is 0 Å². The molecule has 0 unspecified atom stereocenters. The molecule has 0 atom stereocenters. The lowest BCUT2D eigenvalue weighted by molar-refractivity contribution is -0.0504. The zero-order valence-electron chi connectivity index (χ0n) is 15.6. The summed E-state index contributed by atoms with van der Waals surface area (Å²) in [5.74, 6) is 0.386. The van der Waals surface area contributed by atoms with Crippen molar-refractivity contribution in [3.05, 3.63) is 52.9 Å². The normalized spacial score (nSPS) is 11.0. The van der Waals surface area contributed by atoms with E-state index in [1.54, 1.807) is 12.1 Å². The summed E-state index contributed by atoms with van der Waals surface area (Å²) in [5, 5.41) is 9.16. The highest BCUT2D eigenvalue weighted by Gasteiger charge is 2.11. The van der Waals surface area contributed by atoms with Gasteiger partial charge in [0.1, 0.15) is 5.75 Å². The molecule has 2 aromatic rings. The Bertz CT molecular complexity index is 791. The van der Waals surface area contributed by atoms with Crippen LogP contribution in [0.2, 0.25) is 5.02 Å². The highest BCUT2D eigenvalue weighted by atomic mass is 127. The number of halogens is 4. The summed E-state index contributed by atoms with van der Waals surface area (Å²) in [6.07, 6.45) is 1.42. The predicted octanol–water partition coefficient (Wildman–Crippen LogP) is 3.64. The molecule has 0 aliphatic carbocycles. The standard InChI is InChI=1S/C18H21ClF2N4O3.HI/c1-2-22-18(24-8-7-23-16(26)15-4-3-9-27-15)25-11-12-10-13(19)5-6-14(12)28-17(20)21;/h3-6,9-10,17H,2,7-8,11H2,1H3,(H,23,26)(H2,22,24,25);1H. The Labute approximate surface area is 189 Å². The van der Waals surface area contributed by atoms with Crippen molar-refractivity contribution in [3.63, 3.8) is 0 Å². The third-order valence-corrected chi connectivity index (χ3v) is 3.67. The molecule has 0 bridgehead atoms. The zero-order valence-corrected chi connectivity index (χ0v) is 18.7. The van der Waals surface area contributed by atoms with Crippen LogP contribution in [0.4, 0.5) is 8.78 Å². The van der Waals surface area contributed by atoms with Crippen molar-refractivity contribution in [2.24, 2.45) is 4.99 Å². The van der Waals surface area contributed by atoms with Gasteiger partial charge in [-0.05, 0) is 37.3 Å². The Balaban J connectivity index is 0.00000420. The number of alkyl halides is 2. The van der Waals surface area contributed by atoms with Gasteiger partial charge in [-0.3, -0.25) is 4.79 Å². The van der Waals surface area contributed by atoms with E-state index in [0.717, 1.165) is 0 Å². The van der Waals surface area contributed by atoms with Crippen LogP contribution in [0.15, 0.2) is 46.0 Å². The monoisotopic (exact) mass is 542 g/mol. The maximum atomic E-state index is 12.5. The lowest BCUT2D eigenvalue weighted by Crippen LogP contribution is -2.41. The molecule has 0 aliphatic heterocycles. The summed E-state index contributed by atoms with van der Waals surface area (Å²) in [4.78, 5) is 16.1. The summed E-state index contributed by atoms with van der Waals surface area (Å²) in [7, 11) is 0. The van der Waals surface area contributed by atoms with Crippen molar-refractivity contribution in [3.8, 4) is 5.75 Å². The van der Waals surface area contributed by atoms with E-state index in [1.807, 2.05) is 6.92 Å². The quantitative estimate of drug-likeness (QED) is 0.195. The smallest absolute Gasteiger partial charge is 0.387 e. The third-order valence-electron chi connectivity index (χ3n) is 3.44. The first kappa shape index (κ1) is 25.0. The summed E-state index contributed by atoms with van der Waals surface area (Å²) < 4.78 is 34.6. The van der Waals surface area contributed by atoms with Crippen LogP contribution in [-0.2, 0) is 6.54 Å². The van der Waals surface area contributed by atoms with Gasteiger partial charge in [-0.2, -0.15) is 8.78 Å². The minimum atomic E-state index is -2.94. The molecule has 1 aromatic heterocycles. The molecule has 0 fully saturated rings. The summed E-state index contributed by atoms with van der Waals surface area (Å²) in [5.41, 5.74) is 0.427. The maximum Gasteiger partial charge on any atom is 0.387 e. The number of nitrogens with one attached hydrogen (secondary N) is 3. The molecule has 0 aliphatic rings. The van der Waals surface area contributed by atoms with E-state index < -0.39 is 6.61 Å². The molecule has 7 nitrogen and oxygen atoms in total. The van der Waals surface area contributed by atoms with E-state index in [9.17, 15) is 13.6 Å². The summed E-state index contributed by atoms with van der Waals surface area (Å²) in [6, 6.07) is 7.57. The number of guanidine groups is 1. The van der Waals surface area contributed by atoms with Crippen molar-refractivity contribution < 1.29 is 22.7 Å². The van der Waals surface area contributed by atoms with E-state index in [0.29, 0.717) is 36.2 Å². The largest absolute Gasteiger partial charge is 0.459 e. The molecule has 3 N–H and O–H groups in total. The third kappa shape index (κ3) is 8.86. The molecule has 1 aromatic carbocycles. The highest BCUT2D eigenvalue weighted by Crippen LogP contribution is 2.25. The van der Waals surface area contributed by atoms with E-state index in [4.69, 9.17) is 16.0 Å². The van der Waals surface area contributed by atoms with Crippen molar-refractivity contribution >= 4 is 47.4 Å². The van der Waals surface area contributed by atoms with Gasteiger partial charge in [0.05, 0.1) is 12.8 Å². The summed E-state index contributed by atoms with van der Waals surface area (Å²) in [6.45, 7) is 0.362. The molecule has 11 heteroatoms. The fourth-order valence-electron chi connectivity index (χ4n) is 2.24. The van der Waals surface area contributed by atoms with Gasteiger partial charge in [0.15, 0.2) is 11.7 Å². The molecule has 0 radical (unpaired) electrons. The number of nitrogens with zero attached hydrogens (tertiary/aromatic N) is 1. The van der Waals surface area contributed by atoms with E-state index >= 15 is 0 Å². The van der Waals surface area contributed by atoms with Crippen molar-refractivity contribution in [2.45, 2.75) is 20.1 Å². The number of carbonyl (C=O) groups excluding carboxylic acids is 1. The number of amides is 1. The molecular weight excluding hydrogens is 521 g/mol. The number of carbonyl (C=O) groups is 1. The van der Waals surface area contributed by atoms with E-state index in [1.165, 1.54) is 24.5 Å². The minimum Gasteiger partial charge on any atom is -0.459 e. The van der Waals surface area contributed by atoms with Gasteiger partial charge in [-0.1, -0.05) is 11.6 Å². The number of furan rings is 1. The minimum absolute atomic E-state index is 0. The number of hydrogen-bond donors (Lipinski definition) is 3. The second kappa shape index (κ2) is 13.2. The first-order valence-corrected chi connectivity index (χ1v) is 8.94. The first-order valence-electron chi connectivity index (χ1n) is 8.56. The lowest BCUT2D eigenvalue weighted by atomic mass is 10.2. The number of aliphatic imine (C=N–C) groups is 1. The second-order valence-electron chi connectivity index (χ2n) is 5.49. The van der Waals surface area contributed by atoms with Gasteiger partial charge < -0.3 is 25.1 Å². The number of rotatable bonds is 9. The van der Waals surface area contributed by atoms with Crippen LogP contribution in [0, 0.1) is 0 Å². The Morgan fingerprint density at radius 3 is 2.66 bits per heavy atom. The second-order valence-corrected chi connectivity index (χ2v) is 5.92. The Hall–Kier alpha value is -2.08. The number of ether oxygens (including phenoxy) is 1. The van der Waals surface area contributed by atoms with Crippen molar-refractivity contribution in [1.82, 2.24) is 16.0 Å². The Kier molecular flexibility index (Phi) is 11.4. The molecule has 0 saturated heterocycles. The van der Waals surface area contributed by atoms with Crippen LogP contribution in [0.1, 0.15) is 23.0 Å². The van der Waals surface area contributed by atoms with E-state index in [2.05, 4.69) is 25.7 Å². The van der Waals surface area contributed by atoms with Crippen molar-refractivity contribution in [2.75, 3.05) is 19.6 Å². The van der Waals surface area contributed by atoms with Gasteiger partial charge in [-0.15, -0.1) is 24.0 Å². The fourth-order valence-corrected chi connectivity index (χ4v) is 2.44. The molecule has 1 heterocycles. The van der Waals surface area contributed by atoms with Gasteiger partial charge in [0.25, 0.3) is 5.91 Å². The average Bonchev–Trinajstić information content (AvgIpc) is 3.19. The van der Waals surface area contributed by atoms with Crippen molar-refractivity contribution in [1.29, 1.82) is 0 Å². The van der Waals surface area contributed by atoms with E-state index in [-0.39, 0.29) is 47.9 Å². The van der Waals surface area contributed by atoms with Gasteiger partial charge in [0.2, 0.25) is 0 Å². The topological polar surface area (TPSA) is 87.9 Å². The fraction of sp³-hybridized carbons (Fsp3) is 0.333. The molecule has 2 rings (SSSR count). The molecule has 29 heavy (non-hydrogen) atoms. The zero-order chi connectivity index (χ0) is 20.4. The summed E-state index contributed by atoms with van der Waals surface area (Å²) >= 11 is 5.93. The molecule has 1 amide bonds. The predicted molar refractivity (Wildman–Crippen MR) is 117 cm³/mol. The SMILES string of the molecule is CCNC(=NCc1cc(Cl)ccc1OC(F)F)NCCNC(=O)c1ccco1.I. The Morgan fingerprint density at radius 2 is 2.00 bits per heavy atom. The lowest BCUT2D eigenvalue weighted by Gasteiger charge is -2.13. The molecule has 0 spiro atoms. The number of benzene rings is 1. The molecule has 0 saturated carbocycles. The van der Waals surface area contributed by atoms with Crippen LogP contribution in [0.5, 0.6) is 5.75 Å².